The normalized spacial score (nSPS) is 21.0. The zero-order valence-corrected chi connectivity index (χ0v) is 11.7. The number of piperidine rings is 1. The van der Waals surface area contributed by atoms with Gasteiger partial charge in [0.05, 0.1) is 12.0 Å². The van der Waals surface area contributed by atoms with Gasteiger partial charge in [0.25, 0.3) is 0 Å². The Hall–Kier alpha value is -1.37. The van der Waals surface area contributed by atoms with Crippen molar-refractivity contribution >= 4 is 0 Å². The van der Waals surface area contributed by atoms with E-state index >= 15 is 0 Å². The summed E-state index contributed by atoms with van der Waals surface area (Å²) in [6.45, 7) is 2.97. The molecule has 1 saturated heterocycles. The fraction of sp³-hybridized carbons (Fsp3) is 0.562. The molecule has 2 atom stereocenters. The van der Waals surface area contributed by atoms with Crippen LogP contribution in [-0.2, 0) is 0 Å². The van der Waals surface area contributed by atoms with E-state index in [9.17, 15) is 5.26 Å². The number of hydrogen-bond acceptors (Lipinski definition) is 3. The Kier molecular flexibility index (Phi) is 5.38. The highest BCUT2D eigenvalue weighted by molar-refractivity contribution is 5.25. The molecule has 3 heteroatoms. The molecule has 1 fully saturated rings. The predicted octanol–water partition coefficient (Wildman–Crippen LogP) is 2.37. The molecule has 1 aromatic carbocycles. The first-order chi connectivity index (χ1) is 9.29. The van der Waals surface area contributed by atoms with Crippen LogP contribution in [0.1, 0.15) is 30.7 Å². The van der Waals surface area contributed by atoms with Crippen molar-refractivity contribution in [2.75, 3.05) is 26.7 Å². The van der Waals surface area contributed by atoms with Crippen LogP contribution in [0.4, 0.5) is 0 Å². The number of nitrogens with one attached hydrogen (secondary N) is 1. The topological polar surface area (TPSA) is 39.1 Å². The molecular weight excluding hydrogens is 234 g/mol. The second-order valence-electron chi connectivity index (χ2n) is 5.46. The summed E-state index contributed by atoms with van der Waals surface area (Å²) < 4.78 is 0. The molecule has 102 valence electrons. The van der Waals surface area contributed by atoms with Gasteiger partial charge in [0, 0.05) is 19.1 Å². The number of likely N-dealkylation sites (N-methyl/N-ethyl adjacent to an activating group) is 1. The fourth-order valence-electron chi connectivity index (χ4n) is 2.75. The van der Waals surface area contributed by atoms with Crippen molar-refractivity contribution in [3.8, 4) is 6.07 Å². The van der Waals surface area contributed by atoms with Crippen LogP contribution >= 0.6 is 0 Å². The molecule has 0 bridgehead atoms. The minimum atomic E-state index is -0.0326. The van der Waals surface area contributed by atoms with Gasteiger partial charge in [0.15, 0.2) is 0 Å². The average molecular weight is 257 g/mol. The first kappa shape index (κ1) is 14.0. The molecule has 1 aromatic rings. The third kappa shape index (κ3) is 4.34. The molecule has 2 unspecified atom stereocenters. The van der Waals surface area contributed by atoms with E-state index in [4.69, 9.17) is 0 Å². The van der Waals surface area contributed by atoms with Crippen LogP contribution < -0.4 is 5.32 Å². The SMILES string of the molecule is CN(CC1CCCCN1)CC(C#N)c1ccccc1. The Bertz CT molecular complexity index is 404. The third-order valence-corrected chi connectivity index (χ3v) is 3.80. The molecule has 19 heavy (non-hydrogen) atoms. The zero-order chi connectivity index (χ0) is 13.5. The van der Waals surface area contributed by atoms with Crippen molar-refractivity contribution in [3.05, 3.63) is 35.9 Å². The molecular formula is C16H23N3. The first-order valence-electron chi connectivity index (χ1n) is 7.16. The van der Waals surface area contributed by atoms with Gasteiger partial charge in [0.2, 0.25) is 0 Å². The van der Waals surface area contributed by atoms with E-state index in [1.807, 2.05) is 30.3 Å². The number of rotatable bonds is 5. The molecule has 0 aliphatic carbocycles. The third-order valence-electron chi connectivity index (χ3n) is 3.80. The standard InChI is InChI=1S/C16H23N3/c1-19(13-16-9-5-6-10-18-16)12-15(11-17)14-7-3-2-4-8-14/h2-4,7-8,15-16,18H,5-6,9-10,12-13H2,1H3. The van der Waals surface area contributed by atoms with Gasteiger partial charge in [-0.05, 0) is 32.0 Å². The van der Waals surface area contributed by atoms with Crippen LogP contribution in [-0.4, -0.2) is 37.6 Å². The summed E-state index contributed by atoms with van der Waals surface area (Å²) in [7, 11) is 2.11. The summed E-state index contributed by atoms with van der Waals surface area (Å²) in [5, 5.41) is 12.9. The van der Waals surface area contributed by atoms with Crippen LogP contribution in [0.25, 0.3) is 0 Å². The molecule has 2 rings (SSSR count). The monoisotopic (exact) mass is 257 g/mol. The fourth-order valence-corrected chi connectivity index (χ4v) is 2.75. The Morgan fingerprint density at radius 2 is 2.16 bits per heavy atom. The minimum absolute atomic E-state index is 0.0326. The van der Waals surface area contributed by atoms with Gasteiger partial charge >= 0.3 is 0 Å². The number of nitrogens with zero attached hydrogens (tertiary/aromatic N) is 2. The van der Waals surface area contributed by atoms with Gasteiger partial charge in [-0.25, -0.2) is 0 Å². The highest BCUT2D eigenvalue weighted by atomic mass is 15.1. The van der Waals surface area contributed by atoms with Crippen LogP contribution in [0.3, 0.4) is 0 Å². The lowest BCUT2D eigenvalue weighted by atomic mass is 9.99. The van der Waals surface area contributed by atoms with Crippen molar-refractivity contribution in [1.29, 1.82) is 5.26 Å². The molecule has 0 amide bonds. The molecule has 0 saturated carbocycles. The van der Waals surface area contributed by atoms with E-state index in [2.05, 4.69) is 23.3 Å². The van der Waals surface area contributed by atoms with Crippen molar-refractivity contribution < 1.29 is 0 Å². The largest absolute Gasteiger partial charge is 0.313 e. The molecule has 1 N–H and O–H groups in total. The van der Waals surface area contributed by atoms with Gasteiger partial charge in [-0.3, -0.25) is 0 Å². The van der Waals surface area contributed by atoms with E-state index in [1.165, 1.54) is 19.3 Å². The highest BCUT2D eigenvalue weighted by Gasteiger charge is 2.18. The van der Waals surface area contributed by atoms with Gasteiger partial charge in [-0.15, -0.1) is 0 Å². The molecule has 1 heterocycles. The van der Waals surface area contributed by atoms with Gasteiger partial charge in [-0.1, -0.05) is 36.8 Å². The minimum Gasteiger partial charge on any atom is -0.313 e. The Morgan fingerprint density at radius 1 is 1.37 bits per heavy atom. The molecule has 1 aliphatic rings. The number of nitriles is 1. The van der Waals surface area contributed by atoms with Gasteiger partial charge < -0.3 is 10.2 Å². The molecule has 0 radical (unpaired) electrons. The van der Waals surface area contributed by atoms with E-state index in [1.54, 1.807) is 0 Å². The van der Waals surface area contributed by atoms with Crippen LogP contribution in [0.2, 0.25) is 0 Å². The second-order valence-corrected chi connectivity index (χ2v) is 5.46. The highest BCUT2D eigenvalue weighted by Crippen LogP contribution is 2.16. The maximum atomic E-state index is 9.34. The lowest BCUT2D eigenvalue weighted by Crippen LogP contribution is -2.43. The molecule has 0 spiro atoms. The van der Waals surface area contributed by atoms with E-state index in [-0.39, 0.29) is 5.92 Å². The summed E-state index contributed by atoms with van der Waals surface area (Å²) in [5.74, 6) is -0.0326. The lowest BCUT2D eigenvalue weighted by molar-refractivity contribution is 0.259. The molecule has 3 nitrogen and oxygen atoms in total. The summed E-state index contributed by atoms with van der Waals surface area (Å²) in [6.07, 6.45) is 3.88. The van der Waals surface area contributed by atoms with E-state index in [0.29, 0.717) is 6.04 Å². The Balaban J connectivity index is 1.86. The van der Waals surface area contributed by atoms with E-state index < -0.39 is 0 Å². The van der Waals surface area contributed by atoms with Gasteiger partial charge in [0.1, 0.15) is 0 Å². The van der Waals surface area contributed by atoms with Crippen molar-refractivity contribution in [1.82, 2.24) is 10.2 Å². The summed E-state index contributed by atoms with van der Waals surface area (Å²) >= 11 is 0. The van der Waals surface area contributed by atoms with E-state index in [0.717, 1.165) is 25.2 Å². The van der Waals surface area contributed by atoms with Crippen molar-refractivity contribution in [3.63, 3.8) is 0 Å². The predicted molar refractivity (Wildman–Crippen MR) is 77.9 cm³/mol. The van der Waals surface area contributed by atoms with Crippen molar-refractivity contribution in [2.24, 2.45) is 0 Å². The van der Waals surface area contributed by atoms with Gasteiger partial charge in [-0.2, -0.15) is 5.26 Å². The van der Waals surface area contributed by atoms with Crippen LogP contribution in [0.5, 0.6) is 0 Å². The number of benzene rings is 1. The maximum Gasteiger partial charge on any atom is 0.0839 e. The smallest absolute Gasteiger partial charge is 0.0839 e. The van der Waals surface area contributed by atoms with Crippen LogP contribution in [0.15, 0.2) is 30.3 Å². The molecule has 1 aliphatic heterocycles. The maximum absolute atomic E-state index is 9.34. The number of hydrogen-bond donors (Lipinski definition) is 1. The zero-order valence-electron chi connectivity index (χ0n) is 11.7. The quantitative estimate of drug-likeness (QED) is 0.880. The summed E-state index contributed by atoms with van der Waals surface area (Å²) in [6, 6.07) is 13.1. The summed E-state index contributed by atoms with van der Waals surface area (Å²) in [5.41, 5.74) is 1.12. The molecule has 0 aromatic heterocycles. The first-order valence-corrected chi connectivity index (χ1v) is 7.16. The Labute approximate surface area is 116 Å². The Morgan fingerprint density at radius 3 is 2.79 bits per heavy atom. The second kappa shape index (κ2) is 7.28. The lowest BCUT2D eigenvalue weighted by Gasteiger charge is -2.29. The average Bonchev–Trinajstić information content (AvgIpc) is 2.47. The van der Waals surface area contributed by atoms with Crippen LogP contribution in [0, 0.1) is 11.3 Å². The van der Waals surface area contributed by atoms with Crippen molar-refractivity contribution in [2.45, 2.75) is 31.2 Å². The summed E-state index contributed by atoms with van der Waals surface area (Å²) in [4.78, 5) is 2.28.